The Morgan fingerprint density at radius 1 is 0.556 bits per heavy atom. The Morgan fingerprint density at radius 3 is 1.78 bits per heavy atom. The summed E-state index contributed by atoms with van der Waals surface area (Å²) in [6, 6.07) is 36.0. The first-order valence-corrected chi connectivity index (χ1v) is 9.78. The summed E-state index contributed by atoms with van der Waals surface area (Å²) in [4.78, 5) is 0. The summed E-state index contributed by atoms with van der Waals surface area (Å²) in [7, 11) is 0. The van der Waals surface area contributed by atoms with Crippen LogP contribution in [0.3, 0.4) is 0 Å². The summed E-state index contributed by atoms with van der Waals surface area (Å²) in [6.07, 6.45) is 0. The van der Waals surface area contributed by atoms with E-state index in [9.17, 15) is 0 Å². The highest BCUT2D eigenvalue weighted by molar-refractivity contribution is 9.10. The lowest BCUT2D eigenvalue weighted by Gasteiger charge is -2.41. The van der Waals surface area contributed by atoms with E-state index in [4.69, 9.17) is 4.74 Å². The number of hydrogen-bond acceptors (Lipinski definition) is 1. The highest BCUT2D eigenvalue weighted by Gasteiger charge is 2.45. The molecule has 0 saturated heterocycles. The number of hydrogen-bond donors (Lipinski definition) is 0. The molecule has 0 amide bonds. The number of halogens is 1. The Balaban J connectivity index is 1.98. The van der Waals surface area contributed by atoms with Crippen molar-refractivity contribution in [3.63, 3.8) is 0 Å². The number of rotatable bonds is 2. The number of fused-ring (bicyclic) bond motifs is 2. The third-order valence-corrected chi connectivity index (χ3v) is 5.76. The second kappa shape index (κ2) is 6.40. The van der Waals surface area contributed by atoms with Gasteiger partial charge in [0.15, 0.2) is 0 Å². The van der Waals surface area contributed by atoms with Gasteiger partial charge in [-0.25, -0.2) is 0 Å². The summed E-state index contributed by atoms with van der Waals surface area (Å²) in [5, 5.41) is 0. The summed E-state index contributed by atoms with van der Waals surface area (Å²) >= 11 is 3.67. The maximum absolute atomic E-state index is 6.31. The molecule has 0 bridgehead atoms. The van der Waals surface area contributed by atoms with E-state index in [1.54, 1.807) is 0 Å². The Hall–Kier alpha value is -2.84. The van der Waals surface area contributed by atoms with E-state index < -0.39 is 5.41 Å². The molecule has 0 aromatic heterocycles. The molecular formula is C25H17BrO. The van der Waals surface area contributed by atoms with Crippen molar-refractivity contribution < 1.29 is 4.74 Å². The van der Waals surface area contributed by atoms with Gasteiger partial charge in [0.2, 0.25) is 0 Å². The first-order valence-electron chi connectivity index (χ1n) is 8.98. The minimum Gasteiger partial charge on any atom is -0.457 e. The first-order chi connectivity index (χ1) is 13.3. The van der Waals surface area contributed by atoms with Crippen molar-refractivity contribution in [3.8, 4) is 11.5 Å². The predicted molar refractivity (Wildman–Crippen MR) is 113 cm³/mol. The molecule has 27 heavy (non-hydrogen) atoms. The quantitative estimate of drug-likeness (QED) is 0.305. The van der Waals surface area contributed by atoms with Crippen molar-refractivity contribution in [2.45, 2.75) is 5.41 Å². The van der Waals surface area contributed by atoms with E-state index >= 15 is 0 Å². The van der Waals surface area contributed by atoms with Gasteiger partial charge in [0.25, 0.3) is 0 Å². The lowest BCUT2D eigenvalue weighted by molar-refractivity contribution is 0.434. The average Bonchev–Trinajstić information content (AvgIpc) is 2.73. The first kappa shape index (κ1) is 16.3. The Labute approximate surface area is 167 Å². The van der Waals surface area contributed by atoms with Crippen LogP contribution in [0, 0.1) is 0 Å². The lowest BCUT2D eigenvalue weighted by Crippen LogP contribution is -2.34. The van der Waals surface area contributed by atoms with Crippen molar-refractivity contribution in [2.75, 3.05) is 0 Å². The van der Waals surface area contributed by atoms with Crippen LogP contribution in [0.2, 0.25) is 0 Å². The fraction of sp³-hybridized carbons (Fsp3) is 0.0400. The van der Waals surface area contributed by atoms with Crippen LogP contribution in [-0.4, -0.2) is 0 Å². The van der Waals surface area contributed by atoms with E-state index in [-0.39, 0.29) is 0 Å². The molecule has 1 aliphatic rings. The highest BCUT2D eigenvalue weighted by atomic mass is 79.9. The summed E-state index contributed by atoms with van der Waals surface area (Å²) in [6.45, 7) is 0. The zero-order chi connectivity index (χ0) is 18.3. The third kappa shape index (κ3) is 2.44. The topological polar surface area (TPSA) is 9.23 Å². The molecule has 0 aliphatic carbocycles. The second-order valence-electron chi connectivity index (χ2n) is 6.72. The highest BCUT2D eigenvalue weighted by Crippen LogP contribution is 2.55. The molecule has 4 aromatic rings. The molecule has 1 heterocycles. The molecule has 1 nitrogen and oxygen atoms in total. The molecule has 0 radical (unpaired) electrons. The van der Waals surface area contributed by atoms with Gasteiger partial charge in [0.05, 0.1) is 5.41 Å². The molecular weight excluding hydrogens is 396 g/mol. The van der Waals surface area contributed by atoms with Gasteiger partial charge in [-0.05, 0) is 35.4 Å². The second-order valence-corrected chi connectivity index (χ2v) is 7.64. The summed E-state index contributed by atoms with van der Waals surface area (Å²) in [5.41, 5.74) is 4.33. The normalized spacial score (nSPS) is 14.0. The van der Waals surface area contributed by atoms with E-state index in [0.717, 1.165) is 27.1 Å². The monoisotopic (exact) mass is 412 g/mol. The Morgan fingerprint density at radius 2 is 1.11 bits per heavy atom. The van der Waals surface area contributed by atoms with Crippen LogP contribution in [-0.2, 0) is 5.41 Å². The van der Waals surface area contributed by atoms with Gasteiger partial charge in [-0.1, -0.05) is 94.8 Å². The van der Waals surface area contributed by atoms with Crippen LogP contribution < -0.4 is 4.74 Å². The van der Waals surface area contributed by atoms with Crippen LogP contribution in [0.25, 0.3) is 0 Å². The minimum absolute atomic E-state index is 0.434. The van der Waals surface area contributed by atoms with Crippen LogP contribution in [0.5, 0.6) is 11.5 Å². The molecule has 2 heteroatoms. The van der Waals surface area contributed by atoms with E-state index in [1.165, 1.54) is 11.1 Å². The molecule has 0 fully saturated rings. The van der Waals surface area contributed by atoms with Crippen molar-refractivity contribution in [1.82, 2.24) is 0 Å². The van der Waals surface area contributed by atoms with Crippen LogP contribution >= 0.6 is 15.9 Å². The van der Waals surface area contributed by atoms with E-state index in [1.807, 2.05) is 12.1 Å². The van der Waals surface area contributed by atoms with Gasteiger partial charge in [0, 0.05) is 15.6 Å². The van der Waals surface area contributed by atoms with E-state index in [2.05, 4.69) is 107 Å². The minimum atomic E-state index is -0.434. The zero-order valence-electron chi connectivity index (χ0n) is 14.6. The number of benzene rings is 4. The SMILES string of the molecule is Brc1ccc2c(c1)C(c1ccccc1)(c1ccccc1)c1ccccc1O2. The van der Waals surface area contributed by atoms with Gasteiger partial charge < -0.3 is 4.74 Å². The molecule has 130 valence electrons. The van der Waals surface area contributed by atoms with Gasteiger partial charge in [0.1, 0.15) is 11.5 Å². The fourth-order valence-electron chi connectivity index (χ4n) is 4.18. The van der Waals surface area contributed by atoms with Crippen molar-refractivity contribution in [1.29, 1.82) is 0 Å². The number of ether oxygens (including phenoxy) is 1. The zero-order valence-corrected chi connectivity index (χ0v) is 16.2. The number of para-hydroxylation sites is 1. The predicted octanol–water partition coefficient (Wildman–Crippen LogP) is 6.94. The Bertz CT molecular complexity index is 1060. The maximum Gasteiger partial charge on any atom is 0.132 e. The van der Waals surface area contributed by atoms with Crippen molar-refractivity contribution >= 4 is 15.9 Å². The van der Waals surface area contributed by atoms with Gasteiger partial charge in [-0.3, -0.25) is 0 Å². The fourth-order valence-corrected chi connectivity index (χ4v) is 4.54. The summed E-state index contributed by atoms with van der Waals surface area (Å²) in [5.74, 6) is 1.80. The molecule has 5 rings (SSSR count). The van der Waals surface area contributed by atoms with Crippen molar-refractivity contribution in [2.24, 2.45) is 0 Å². The van der Waals surface area contributed by atoms with Crippen LogP contribution in [0.4, 0.5) is 0 Å². The average molecular weight is 413 g/mol. The molecule has 0 unspecified atom stereocenters. The van der Waals surface area contributed by atoms with Crippen LogP contribution in [0.1, 0.15) is 22.3 Å². The molecule has 0 N–H and O–H groups in total. The van der Waals surface area contributed by atoms with Crippen molar-refractivity contribution in [3.05, 3.63) is 130 Å². The van der Waals surface area contributed by atoms with Gasteiger partial charge >= 0.3 is 0 Å². The largest absolute Gasteiger partial charge is 0.457 e. The molecule has 1 aliphatic heterocycles. The van der Waals surface area contributed by atoms with Gasteiger partial charge in [-0.2, -0.15) is 0 Å². The standard InChI is InChI=1S/C25H17BrO/c26-20-15-16-24-22(17-20)25(18-9-3-1-4-10-18,19-11-5-2-6-12-19)21-13-7-8-14-23(21)27-24/h1-17H. The molecule has 0 spiro atoms. The molecule has 0 saturated carbocycles. The maximum atomic E-state index is 6.31. The van der Waals surface area contributed by atoms with E-state index in [0.29, 0.717) is 0 Å². The lowest BCUT2D eigenvalue weighted by atomic mass is 9.64. The molecule has 0 atom stereocenters. The molecule has 4 aromatic carbocycles. The summed E-state index contributed by atoms with van der Waals surface area (Å²) < 4.78 is 7.35. The Kier molecular flexibility index (Phi) is 3.87. The smallest absolute Gasteiger partial charge is 0.132 e. The third-order valence-electron chi connectivity index (χ3n) is 5.27. The van der Waals surface area contributed by atoms with Gasteiger partial charge in [-0.15, -0.1) is 0 Å². The van der Waals surface area contributed by atoms with Crippen LogP contribution in [0.15, 0.2) is 108 Å².